The first-order chi connectivity index (χ1) is 11.2. The molecule has 3 aromatic rings. The van der Waals surface area contributed by atoms with Crippen molar-refractivity contribution in [1.29, 1.82) is 5.41 Å². The second kappa shape index (κ2) is 7.11. The van der Waals surface area contributed by atoms with Crippen LogP contribution in [0.25, 0.3) is 0 Å². The zero-order chi connectivity index (χ0) is 16.1. The number of rotatable bonds is 6. The number of aromatic hydroxyl groups is 1. The van der Waals surface area contributed by atoms with Gasteiger partial charge < -0.3 is 10.5 Å². The van der Waals surface area contributed by atoms with Crippen molar-refractivity contribution in [2.45, 2.75) is 11.6 Å². The van der Waals surface area contributed by atoms with E-state index in [0.717, 1.165) is 17.0 Å². The number of benzene rings is 2. The van der Waals surface area contributed by atoms with Gasteiger partial charge in [0.05, 0.1) is 0 Å². The van der Waals surface area contributed by atoms with Crippen molar-refractivity contribution in [3.8, 4) is 5.75 Å². The van der Waals surface area contributed by atoms with Crippen LogP contribution in [-0.2, 0) is 6.42 Å². The maximum atomic E-state index is 9.28. The van der Waals surface area contributed by atoms with Crippen molar-refractivity contribution >= 4 is 17.5 Å². The Morgan fingerprint density at radius 1 is 1.09 bits per heavy atom. The van der Waals surface area contributed by atoms with Crippen LogP contribution in [0.5, 0.6) is 5.75 Å². The van der Waals surface area contributed by atoms with Gasteiger partial charge in [0, 0.05) is 17.9 Å². The Kier molecular flexibility index (Phi) is 4.73. The minimum Gasteiger partial charge on any atom is -0.508 e. The smallest absolute Gasteiger partial charge is 0.208 e. The number of phenols is 1. The highest BCUT2D eigenvalue weighted by Gasteiger charge is 2.07. The minimum atomic E-state index is 0.252. The van der Waals surface area contributed by atoms with E-state index in [1.54, 1.807) is 12.1 Å². The van der Waals surface area contributed by atoms with Gasteiger partial charge in [-0.1, -0.05) is 54.2 Å². The molecule has 0 atom stereocenters. The van der Waals surface area contributed by atoms with E-state index in [0.29, 0.717) is 23.0 Å². The highest BCUT2D eigenvalue weighted by molar-refractivity contribution is 7.99. The van der Waals surface area contributed by atoms with Crippen LogP contribution in [0.2, 0.25) is 0 Å². The average Bonchev–Trinajstić information content (AvgIpc) is 3.03. The van der Waals surface area contributed by atoms with Crippen LogP contribution in [0.1, 0.15) is 17.0 Å². The van der Waals surface area contributed by atoms with Gasteiger partial charge >= 0.3 is 0 Å². The molecule has 3 N–H and O–H groups in total. The van der Waals surface area contributed by atoms with Crippen molar-refractivity contribution in [3.63, 3.8) is 0 Å². The highest BCUT2D eigenvalue weighted by Crippen LogP contribution is 2.17. The summed E-state index contributed by atoms with van der Waals surface area (Å²) in [6.45, 7) is 0. The molecule has 1 aromatic heterocycles. The number of nitrogens with one attached hydrogen (secondary N) is 2. The second-order valence-corrected chi connectivity index (χ2v) is 5.98. The third kappa shape index (κ3) is 4.20. The summed E-state index contributed by atoms with van der Waals surface area (Å²) in [7, 11) is 0. The Morgan fingerprint density at radius 3 is 2.57 bits per heavy atom. The largest absolute Gasteiger partial charge is 0.508 e. The van der Waals surface area contributed by atoms with Crippen LogP contribution in [0.15, 0.2) is 59.8 Å². The van der Waals surface area contributed by atoms with Crippen LogP contribution in [-0.4, -0.2) is 31.8 Å². The maximum Gasteiger partial charge on any atom is 0.208 e. The molecule has 0 amide bonds. The van der Waals surface area contributed by atoms with Crippen molar-refractivity contribution in [2.24, 2.45) is 0 Å². The number of thioether (sulfide) groups is 1. The Bertz CT molecular complexity index is 784. The van der Waals surface area contributed by atoms with Crippen molar-refractivity contribution in [1.82, 2.24) is 15.2 Å². The zero-order valence-electron chi connectivity index (χ0n) is 12.4. The lowest BCUT2D eigenvalue weighted by atomic mass is 10.1. The molecule has 5 nitrogen and oxygen atoms in total. The maximum absolute atomic E-state index is 9.28. The van der Waals surface area contributed by atoms with E-state index in [1.807, 2.05) is 42.5 Å². The molecule has 2 aromatic carbocycles. The normalized spacial score (nSPS) is 10.6. The van der Waals surface area contributed by atoms with E-state index >= 15 is 0 Å². The monoisotopic (exact) mass is 324 g/mol. The summed E-state index contributed by atoms with van der Waals surface area (Å²) in [6.07, 6.45) is 0.629. The fourth-order valence-corrected chi connectivity index (χ4v) is 2.81. The third-order valence-electron chi connectivity index (χ3n) is 3.29. The van der Waals surface area contributed by atoms with Crippen LogP contribution >= 0.6 is 11.8 Å². The summed E-state index contributed by atoms with van der Waals surface area (Å²) in [4.78, 5) is 4.43. The molecule has 1 heterocycles. The van der Waals surface area contributed by atoms with Gasteiger partial charge in [-0.25, -0.2) is 4.98 Å². The molecule has 3 rings (SSSR count). The molecule has 0 radical (unpaired) electrons. The summed E-state index contributed by atoms with van der Waals surface area (Å²) in [6, 6.07) is 16.7. The molecule has 0 aliphatic heterocycles. The van der Waals surface area contributed by atoms with Gasteiger partial charge in [0.25, 0.3) is 0 Å². The first-order valence-corrected chi connectivity index (χ1v) is 8.14. The lowest BCUT2D eigenvalue weighted by Crippen LogP contribution is -2.02. The molecular formula is C17H16N4OS. The quantitative estimate of drug-likeness (QED) is 0.480. The lowest BCUT2D eigenvalue weighted by molar-refractivity contribution is 0.475. The minimum absolute atomic E-state index is 0.252. The van der Waals surface area contributed by atoms with Gasteiger partial charge in [0.1, 0.15) is 11.6 Å². The van der Waals surface area contributed by atoms with Gasteiger partial charge in [0.2, 0.25) is 5.16 Å². The number of hydrogen-bond acceptors (Lipinski definition) is 5. The predicted molar refractivity (Wildman–Crippen MR) is 91.3 cm³/mol. The standard InChI is InChI=1S/C17H16N4OS/c18-15(13-4-2-1-3-5-13)11-23-17-19-16(20-21-17)10-12-6-8-14(22)9-7-12/h1-9,18,22H,10-11H2,(H,19,20,21). The zero-order valence-corrected chi connectivity index (χ0v) is 13.2. The molecule has 0 fully saturated rings. The summed E-state index contributed by atoms with van der Waals surface area (Å²) in [5.74, 6) is 1.55. The fourth-order valence-electron chi connectivity index (χ4n) is 2.09. The molecule has 0 aliphatic carbocycles. The molecule has 0 unspecified atom stereocenters. The Morgan fingerprint density at radius 2 is 1.83 bits per heavy atom. The summed E-state index contributed by atoms with van der Waals surface area (Å²) in [5.41, 5.74) is 2.52. The predicted octanol–water partition coefficient (Wildman–Crippen LogP) is 3.26. The summed E-state index contributed by atoms with van der Waals surface area (Å²) < 4.78 is 0. The molecular weight excluding hydrogens is 308 g/mol. The van der Waals surface area contributed by atoms with E-state index in [9.17, 15) is 5.11 Å². The average molecular weight is 324 g/mol. The van der Waals surface area contributed by atoms with Gasteiger partial charge in [-0.2, -0.15) is 0 Å². The van der Waals surface area contributed by atoms with Crippen LogP contribution < -0.4 is 0 Å². The van der Waals surface area contributed by atoms with E-state index < -0.39 is 0 Å². The second-order valence-electron chi connectivity index (χ2n) is 5.04. The van der Waals surface area contributed by atoms with Crippen LogP contribution in [0.3, 0.4) is 0 Å². The molecule has 0 saturated carbocycles. The molecule has 0 saturated heterocycles. The van der Waals surface area contributed by atoms with E-state index in [-0.39, 0.29) is 5.75 Å². The molecule has 6 heteroatoms. The third-order valence-corrected chi connectivity index (χ3v) is 4.16. The first kappa shape index (κ1) is 15.3. The Hall–Kier alpha value is -2.60. The Balaban J connectivity index is 1.57. The van der Waals surface area contributed by atoms with Crippen LogP contribution in [0.4, 0.5) is 0 Å². The van der Waals surface area contributed by atoms with Gasteiger partial charge in [-0.15, -0.1) is 5.10 Å². The first-order valence-electron chi connectivity index (χ1n) is 7.15. The topological polar surface area (TPSA) is 85.7 Å². The van der Waals surface area contributed by atoms with E-state index in [4.69, 9.17) is 5.41 Å². The molecule has 0 aliphatic rings. The number of aromatic nitrogens is 3. The molecule has 0 bridgehead atoms. The SMILES string of the molecule is N=C(CSc1n[nH]c(Cc2ccc(O)cc2)n1)c1ccccc1. The van der Waals surface area contributed by atoms with E-state index in [2.05, 4.69) is 15.2 Å². The lowest BCUT2D eigenvalue weighted by Gasteiger charge is -2.01. The highest BCUT2D eigenvalue weighted by atomic mass is 32.2. The van der Waals surface area contributed by atoms with Crippen molar-refractivity contribution in [2.75, 3.05) is 5.75 Å². The Labute approximate surface area is 138 Å². The number of nitrogens with zero attached hydrogens (tertiary/aromatic N) is 2. The van der Waals surface area contributed by atoms with Crippen molar-refractivity contribution < 1.29 is 5.11 Å². The number of aromatic amines is 1. The summed E-state index contributed by atoms with van der Waals surface area (Å²) >= 11 is 1.44. The van der Waals surface area contributed by atoms with Gasteiger partial charge in [0.15, 0.2) is 0 Å². The fraction of sp³-hybridized carbons (Fsp3) is 0.118. The van der Waals surface area contributed by atoms with Crippen molar-refractivity contribution in [3.05, 3.63) is 71.5 Å². The van der Waals surface area contributed by atoms with E-state index in [1.165, 1.54) is 11.8 Å². The van der Waals surface area contributed by atoms with Crippen LogP contribution in [0, 0.1) is 5.41 Å². The van der Waals surface area contributed by atoms with Gasteiger partial charge in [-0.05, 0) is 23.3 Å². The molecule has 0 spiro atoms. The number of phenolic OH excluding ortho intramolecular Hbond substituents is 1. The number of H-pyrrole nitrogens is 1. The number of hydrogen-bond donors (Lipinski definition) is 3. The molecule has 23 heavy (non-hydrogen) atoms. The van der Waals surface area contributed by atoms with Gasteiger partial charge in [-0.3, -0.25) is 5.10 Å². The molecule has 116 valence electrons. The summed E-state index contributed by atoms with van der Waals surface area (Å²) in [5, 5.41) is 25.1.